The van der Waals surface area contributed by atoms with Crippen LogP contribution in [-0.4, -0.2) is 44.2 Å². The summed E-state index contributed by atoms with van der Waals surface area (Å²) in [6, 6.07) is 8.61. The minimum absolute atomic E-state index is 0. The third kappa shape index (κ3) is 3.93. The van der Waals surface area contributed by atoms with Crippen molar-refractivity contribution in [3.8, 4) is 0 Å². The Balaban J connectivity index is 0.00000176. The van der Waals surface area contributed by atoms with E-state index in [0.29, 0.717) is 5.41 Å². The smallest absolute Gasteiger partial charge is 0.193 e. The molecule has 4 nitrogen and oxygen atoms in total. The lowest BCUT2D eigenvalue weighted by atomic mass is 9.87. The molecule has 122 valence electrons. The van der Waals surface area contributed by atoms with E-state index in [1.54, 1.807) is 0 Å². The lowest BCUT2D eigenvalue weighted by Crippen LogP contribution is -2.41. The fourth-order valence-corrected chi connectivity index (χ4v) is 3.42. The first-order chi connectivity index (χ1) is 10.2. The van der Waals surface area contributed by atoms with Gasteiger partial charge in [-0.3, -0.25) is 4.99 Å². The molecule has 1 spiro atoms. The molecule has 2 aliphatic heterocycles. The van der Waals surface area contributed by atoms with Crippen LogP contribution < -0.4 is 5.32 Å². The molecule has 0 bridgehead atoms. The molecule has 0 aliphatic carbocycles. The van der Waals surface area contributed by atoms with E-state index in [-0.39, 0.29) is 24.0 Å². The molecular weight excluding hydrogens is 389 g/mol. The molecule has 22 heavy (non-hydrogen) atoms. The lowest BCUT2D eigenvalue weighted by Gasteiger charge is -2.25. The van der Waals surface area contributed by atoms with E-state index in [2.05, 4.69) is 46.4 Å². The van der Waals surface area contributed by atoms with E-state index in [4.69, 9.17) is 4.74 Å². The van der Waals surface area contributed by atoms with Crippen molar-refractivity contribution >= 4 is 29.9 Å². The molecule has 1 N–H and O–H groups in total. The minimum Gasteiger partial charge on any atom is -0.381 e. The van der Waals surface area contributed by atoms with Crippen molar-refractivity contribution in [1.29, 1.82) is 0 Å². The molecule has 5 heteroatoms. The summed E-state index contributed by atoms with van der Waals surface area (Å²) in [6.07, 6.45) is 2.41. The van der Waals surface area contributed by atoms with Crippen molar-refractivity contribution < 1.29 is 4.74 Å². The van der Waals surface area contributed by atoms with Gasteiger partial charge >= 0.3 is 0 Å². The molecule has 3 rings (SSSR count). The molecule has 1 aromatic rings. The first-order valence-electron chi connectivity index (χ1n) is 7.80. The number of likely N-dealkylation sites (tertiary alicyclic amines) is 1. The molecule has 1 atom stereocenters. The quantitative estimate of drug-likeness (QED) is 0.459. The number of ether oxygens (including phenoxy) is 1. The van der Waals surface area contributed by atoms with Crippen molar-refractivity contribution in [2.24, 2.45) is 10.4 Å². The van der Waals surface area contributed by atoms with Gasteiger partial charge in [0.05, 0.1) is 6.61 Å². The van der Waals surface area contributed by atoms with Gasteiger partial charge < -0.3 is 15.0 Å². The number of rotatable bonds is 2. The van der Waals surface area contributed by atoms with Crippen LogP contribution in [0.5, 0.6) is 0 Å². The second-order valence-corrected chi connectivity index (χ2v) is 6.36. The maximum atomic E-state index is 5.60. The number of nitrogens with zero attached hydrogens (tertiary/aromatic N) is 2. The number of halogens is 1. The highest BCUT2D eigenvalue weighted by Gasteiger charge is 2.42. The van der Waals surface area contributed by atoms with Crippen molar-refractivity contribution in [2.45, 2.75) is 26.3 Å². The van der Waals surface area contributed by atoms with Crippen molar-refractivity contribution in [3.05, 3.63) is 35.4 Å². The molecule has 2 heterocycles. The monoisotopic (exact) mass is 415 g/mol. The zero-order valence-electron chi connectivity index (χ0n) is 13.5. The van der Waals surface area contributed by atoms with Crippen LogP contribution in [0.1, 0.15) is 24.0 Å². The Bertz CT molecular complexity index is 526. The summed E-state index contributed by atoms with van der Waals surface area (Å²) in [5.74, 6) is 1.01. The predicted octanol–water partition coefficient (Wildman–Crippen LogP) is 2.80. The second kappa shape index (κ2) is 7.64. The Hall–Kier alpha value is -0.820. The van der Waals surface area contributed by atoms with Crippen LogP contribution in [-0.2, 0) is 11.3 Å². The molecule has 0 radical (unpaired) electrons. The van der Waals surface area contributed by atoms with Crippen LogP contribution in [0, 0.1) is 12.3 Å². The molecule has 1 unspecified atom stereocenters. The molecule has 0 saturated carbocycles. The average molecular weight is 415 g/mol. The van der Waals surface area contributed by atoms with Gasteiger partial charge in [0, 0.05) is 38.7 Å². The largest absolute Gasteiger partial charge is 0.381 e. The average Bonchev–Trinajstić information content (AvgIpc) is 3.11. The number of benzene rings is 1. The number of nitrogens with one attached hydrogen (secondary N) is 1. The Morgan fingerprint density at radius 2 is 2.27 bits per heavy atom. The molecule has 1 aromatic carbocycles. The van der Waals surface area contributed by atoms with E-state index in [0.717, 1.165) is 38.8 Å². The summed E-state index contributed by atoms with van der Waals surface area (Å²) >= 11 is 0. The zero-order valence-corrected chi connectivity index (χ0v) is 15.8. The van der Waals surface area contributed by atoms with Gasteiger partial charge in [0.25, 0.3) is 0 Å². The van der Waals surface area contributed by atoms with Gasteiger partial charge in [0.15, 0.2) is 5.96 Å². The third-order valence-electron chi connectivity index (χ3n) is 4.67. The van der Waals surface area contributed by atoms with E-state index in [1.807, 2.05) is 7.05 Å². The van der Waals surface area contributed by atoms with Gasteiger partial charge in [0.2, 0.25) is 0 Å². The molecular formula is C17H26IN3O. The van der Waals surface area contributed by atoms with E-state index >= 15 is 0 Å². The van der Waals surface area contributed by atoms with Crippen LogP contribution in [0.2, 0.25) is 0 Å². The van der Waals surface area contributed by atoms with Gasteiger partial charge in [-0.1, -0.05) is 29.8 Å². The van der Waals surface area contributed by atoms with E-state index in [9.17, 15) is 0 Å². The van der Waals surface area contributed by atoms with Crippen molar-refractivity contribution in [1.82, 2.24) is 10.2 Å². The topological polar surface area (TPSA) is 36.9 Å². The fraction of sp³-hybridized carbons (Fsp3) is 0.588. The van der Waals surface area contributed by atoms with Crippen LogP contribution >= 0.6 is 24.0 Å². The van der Waals surface area contributed by atoms with E-state index in [1.165, 1.54) is 24.0 Å². The SMILES string of the molecule is CN=C(NCc1cccc(C)c1)N1CCC2(CCOC2)C1.I. The summed E-state index contributed by atoms with van der Waals surface area (Å²) in [4.78, 5) is 6.83. The van der Waals surface area contributed by atoms with Gasteiger partial charge in [0.1, 0.15) is 0 Å². The zero-order chi connectivity index (χ0) is 14.7. The minimum atomic E-state index is 0. The molecule has 0 aromatic heterocycles. The molecule has 0 amide bonds. The highest BCUT2D eigenvalue weighted by molar-refractivity contribution is 14.0. The van der Waals surface area contributed by atoms with Gasteiger partial charge in [-0.2, -0.15) is 0 Å². The number of guanidine groups is 1. The third-order valence-corrected chi connectivity index (χ3v) is 4.67. The Morgan fingerprint density at radius 1 is 1.41 bits per heavy atom. The summed E-state index contributed by atoms with van der Waals surface area (Å²) in [5.41, 5.74) is 2.97. The first-order valence-corrected chi connectivity index (χ1v) is 7.80. The Kier molecular flexibility index (Phi) is 6.09. The maximum Gasteiger partial charge on any atom is 0.193 e. The summed E-state index contributed by atoms with van der Waals surface area (Å²) < 4.78 is 5.60. The van der Waals surface area contributed by atoms with Crippen LogP contribution in [0.3, 0.4) is 0 Å². The second-order valence-electron chi connectivity index (χ2n) is 6.36. The summed E-state index contributed by atoms with van der Waals surface area (Å²) in [7, 11) is 1.87. The van der Waals surface area contributed by atoms with Crippen molar-refractivity contribution in [2.75, 3.05) is 33.4 Å². The summed E-state index contributed by atoms with van der Waals surface area (Å²) in [5, 5.41) is 3.50. The van der Waals surface area contributed by atoms with Gasteiger partial charge in [-0.15, -0.1) is 24.0 Å². The predicted molar refractivity (Wildman–Crippen MR) is 101 cm³/mol. The number of aliphatic imine (C=N–C) groups is 1. The summed E-state index contributed by atoms with van der Waals surface area (Å²) in [6.45, 7) is 6.94. The maximum absolute atomic E-state index is 5.60. The highest BCUT2D eigenvalue weighted by atomic mass is 127. The highest BCUT2D eigenvalue weighted by Crippen LogP contribution is 2.38. The lowest BCUT2D eigenvalue weighted by molar-refractivity contribution is 0.156. The number of aryl methyl sites for hydroxylation is 1. The number of hydrogen-bond donors (Lipinski definition) is 1. The van der Waals surface area contributed by atoms with Crippen LogP contribution in [0.25, 0.3) is 0 Å². The standard InChI is InChI=1S/C17H25N3O.HI/c1-14-4-3-5-15(10-14)11-19-16(18-2)20-8-6-17(12-20)7-9-21-13-17;/h3-5,10H,6-9,11-13H2,1-2H3,(H,18,19);1H. The van der Waals surface area contributed by atoms with E-state index < -0.39 is 0 Å². The van der Waals surface area contributed by atoms with Gasteiger partial charge in [-0.05, 0) is 25.3 Å². The first kappa shape index (κ1) is 17.5. The molecule has 2 saturated heterocycles. The fourth-order valence-electron chi connectivity index (χ4n) is 3.42. The van der Waals surface area contributed by atoms with Crippen LogP contribution in [0.15, 0.2) is 29.3 Å². The van der Waals surface area contributed by atoms with Gasteiger partial charge in [-0.25, -0.2) is 0 Å². The van der Waals surface area contributed by atoms with Crippen LogP contribution in [0.4, 0.5) is 0 Å². The number of hydrogen-bond acceptors (Lipinski definition) is 2. The van der Waals surface area contributed by atoms with Crippen molar-refractivity contribution in [3.63, 3.8) is 0 Å². The Morgan fingerprint density at radius 3 is 2.95 bits per heavy atom. The normalized spacial score (nSPS) is 24.6. The molecule has 2 fully saturated rings. The Labute approximate surface area is 150 Å². The molecule has 2 aliphatic rings.